The fourth-order valence-electron chi connectivity index (χ4n) is 2.40. The molecule has 2 heterocycles. The van der Waals surface area contributed by atoms with E-state index in [0.29, 0.717) is 11.3 Å². The van der Waals surface area contributed by atoms with Crippen molar-refractivity contribution in [1.29, 1.82) is 5.26 Å². The number of benzene rings is 1. The van der Waals surface area contributed by atoms with Gasteiger partial charge in [0.15, 0.2) is 0 Å². The van der Waals surface area contributed by atoms with Gasteiger partial charge in [0.1, 0.15) is 5.69 Å². The van der Waals surface area contributed by atoms with E-state index in [1.165, 1.54) is 6.08 Å². The van der Waals surface area contributed by atoms with Crippen LogP contribution in [0.15, 0.2) is 60.8 Å². The summed E-state index contributed by atoms with van der Waals surface area (Å²) in [4.78, 5) is 18.6. The molecule has 2 aromatic rings. The first-order valence-corrected chi connectivity index (χ1v) is 7.35. The molecule has 1 aromatic carbocycles. The molecule has 1 aromatic heterocycles. The Hall–Kier alpha value is -3.19. The van der Waals surface area contributed by atoms with E-state index in [1.54, 1.807) is 36.5 Å². The Morgan fingerprint density at radius 2 is 1.96 bits per heavy atom. The van der Waals surface area contributed by atoms with E-state index in [9.17, 15) is 4.79 Å². The maximum atomic E-state index is 12.2. The van der Waals surface area contributed by atoms with E-state index in [1.807, 2.05) is 12.1 Å². The summed E-state index contributed by atoms with van der Waals surface area (Å²) >= 11 is 0. The van der Waals surface area contributed by atoms with Crippen LogP contribution in [-0.4, -0.2) is 23.9 Å². The third kappa shape index (κ3) is 3.35. The number of nitriles is 1. The summed E-state index contributed by atoms with van der Waals surface area (Å²) in [5.74, 6) is -0.177. The molecule has 0 amide bonds. The molecule has 3 rings (SSSR count). The lowest BCUT2D eigenvalue weighted by molar-refractivity contribution is 0.104. The largest absolute Gasteiger partial charge is 0.363 e. The zero-order chi connectivity index (χ0) is 16.1. The Labute approximate surface area is 135 Å². The third-order valence-corrected chi connectivity index (χ3v) is 3.68. The number of rotatable bonds is 4. The number of hydrogen-bond acceptors (Lipinski definition) is 4. The smallest absolute Gasteiger partial charge is 0.204 e. The molecule has 0 radical (unpaired) electrons. The number of anilines is 1. The SMILES string of the molecule is N#Cc1ccccc1/C=C/C(=O)c1ccc(N2CC=CC2)cn1. The van der Waals surface area contributed by atoms with Gasteiger partial charge in [-0.15, -0.1) is 0 Å². The Morgan fingerprint density at radius 3 is 2.65 bits per heavy atom. The minimum absolute atomic E-state index is 0.177. The lowest BCUT2D eigenvalue weighted by Crippen LogP contribution is -2.18. The van der Waals surface area contributed by atoms with Crippen molar-refractivity contribution in [3.63, 3.8) is 0 Å². The molecule has 23 heavy (non-hydrogen) atoms. The normalized spacial score (nSPS) is 13.4. The van der Waals surface area contributed by atoms with E-state index in [2.05, 4.69) is 28.1 Å². The van der Waals surface area contributed by atoms with Gasteiger partial charge in [-0.3, -0.25) is 9.78 Å². The predicted octanol–water partition coefficient (Wildman–Crippen LogP) is 3.23. The third-order valence-electron chi connectivity index (χ3n) is 3.68. The average molecular weight is 301 g/mol. The Balaban J connectivity index is 1.73. The number of pyridine rings is 1. The van der Waals surface area contributed by atoms with Crippen LogP contribution in [0.5, 0.6) is 0 Å². The van der Waals surface area contributed by atoms with Crippen molar-refractivity contribution in [2.75, 3.05) is 18.0 Å². The average Bonchev–Trinajstić information content (AvgIpc) is 3.14. The second kappa shape index (κ2) is 6.71. The Morgan fingerprint density at radius 1 is 1.17 bits per heavy atom. The fourth-order valence-corrected chi connectivity index (χ4v) is 2.40. The van der Waals surface area contributed by atoms with Gasteiger partial charge in [0, 0.05) is 13.1 Å². The lowest BCUT2D eigenvalue weighted by atomic mass is 10.1. The van der Waals surface area contributed by atoms with Crippen molar-refractivity contribution in [2.24, 2.45) is 0 Å². The van der Waals surface area contributed by atoms with Gasteiger partial charge in [0.2, 0.25) is 5.78 Å². The zero-order valence-corrected chi connectivity index (χ0v) is 12.5. The van der Waals surface area contributed by atoms with Crippen LogP contribution in [0.25, 0.3) is 6.08 Å². The summed E-state index contributed by atoms with van der Waals surface area (Å²) in [7, 11) is 0. The van der Waals surface area contributed by atoms with Crippen LogP contribution in [0, 0.1) is 11.3 Å². The van der Waals surface area contributed by atoms with Crippen molar-refractivity contribution in [1.82, 2.24) is 4.98 Å². The summed E-state index contributed by atoms with van der Waals surface area (Å²) in [6.07, 6.45) is 9.04. The molecule has 4 nitrogen and oxygen atoms in total. The molecule has 4 heteroatoms. The maximum absolute atomic E-state index is 12.2. The number of aromatic nitrogens is 1. The summed E-state index contributed by atoms with van der Waals surface area (Å²) < 4.78 is 0. The van der Waals surface area contributed by atoms with Gasteiger partial charge in [-0.25, -0.2) is 0 Å². The molecule has 0 N–H and O–H groups in total. The van der Waals surface area contributed by atoms with Crippen LogP contribution in [0.3, 0.4) is 0 Å². The second-order valence-corrected chi connectivity index (χ2v) is 5.17. The maximum Gasteiger partial charge on any atom is 0.204 e. The van der Waals surface area contributed by atoms with Gasteiger partial charge in [0.25, 0.3) is 0 Å². The number of ketones is 1. The van der Waals surface area contributed by atoms with Crippen molar-refractivity contribution >= 4 is 17.5 Å². The number of carbonyl (C=O) groups excluding carboxylic acids is 1. The highest BCUT2D eigenvalue weighted by atomic mass is 16.1. The molecule has 0 saturated carbocycles. The van der Waals surface area contributed by atoms with Gasteiger partial charge in [-0.2, -0.15) is 5.26 Å². The predicted molar refractivity (Wildman–Crippen MR) is 90.1 cm³/mol. The van der Waals surface area contributed by atoms with Crippen molar-refractivity contribution in [2.45, 2.75) is 0 Å². The minimum atomic E-state index is -0.177. The molecule has 1 aliphatic heterocycles. The molecular formula is C19H15N3O. The number of nitrogens with zero attached hydrogens (tertiary/aromatic N) is 3. The van der Waals surface area contributed by atoms with Crippen molar-refractivity contribution < 1.29 is 4.79 Å². The molecule has 0 spiro atoms. The summed E-state index contributed by atoms with van der Waals surface area (Å²) in [5, 5.41) is 9.04. The van der Waals surface area contributed by atoms with Crippen molar-refractivity contribution in [3.05, 3.63) is 77.6 Å². The second-order valence-electron chi connectivity index (χ2n) is 5.17. The number of hydrogen-bond donors (Lipinski definition) is 0. The highest BCUT2D eigenvalue weighted by Gasteiger charge is 2.09. The molecule has 0 saturated heterocycles. The molecular weight excluding hydrogens is 286 g/mol. The summed E-state index contributed by atoms with van der Waals surface area (Å²) in [6, 6.07) is 12.9. The van der Waals surface area contributed by atoms with E-state index < -0.39 is 0 Å². The lowest BCUT2D eigenvalue weighted by Gasteiger charge is -2.16. The first-order chi connectivity index (χ1) is 11.3. The van der Waals surface area contributed by atoms with E-state index in [4.69, 9.17) is 5.26 Å². The fraction of sp³-hybridized carbons (Fsp3) is 0.105. The van der Waals surface area contributed by atoms with E-state index in [-0.39, 0.29) is 5.78 Å². The monoisotopic (exact) mass is 301 g/mol. The van der Waals surface area contributed by atoms with Gasteiger partial charge in [-0.05, 0) is 35.9 Å². The first-order valence-electron chi connectivity index (χ1n) is 7.35. The van der Waals surface area contributed by atoms with Crippen LogP contribution in [0.4, 0.5) is 5.69 Å². The van der Waals surface area contributed by atoms with Crippen LogP contribution in [0.2, 0.25) is 0 Å². The molecule has 0 atom stereocenters. The molecule has 0 aliphatic carbocycles. The highest BCUT2D eigenvalue weighted by molar-refractivity contribution is 6.05. The van der Waals surface area contributed by atoms with Gasteiger partial charge in [-0.1, -0.05) is 30.4 Å². The van der Waals surface area contributed by atoms with E-state index in [0.717, 1.165) is 24.3 Å². The highest BCUT2D eigenvalue weighted by Crippen LogP contribution is 2.16. The van der Waals surface area contributed by atoms with Gasteiger partial charge < -0.3 is 4.90 Å². The molecule has 112 valence electrons. The van der Waals surface area contributed by atoms with Crippen LogP contribution >= 0.6 is 0 Å². The first kappa shape index (κ1) is 14.7. The van der Waals surface area contributed by atoms with Crippen LogP contribution in [0.1, 0.15) is 21.6 Å². The molecule has 0 fully saturated rings. The molecule has 0 bridgehead atoms. The van der Waals surface area contributed by atoms with Crippen LogP contribution < -0.4 is 4.90 Å². The summed E-state index contributed by atoms with van der Waals surface area (Å²) in [6.45, 7) is 1.75. The van der Waals surface area contributed by atoms with Crippen molar-refractivity contribution in [3.8, 4) is 6.07 Å². The van der Waals surface area contributed by atoms with E-state index >= 15 is 0 Å². The Bertz CT molecular complexity index is 805. The molecule has 1 aliphatic rings. The Kier molecular flexibility index (Phi) is 4.30. The summed E-state index contributed by atoms with van der Waals surface area (Å²) in [5.41, 5.74) is 2.67. The quantitative estimate of drug-likeness (QED) is 0.494. The number of allylic oxidation sites excluding steroid dienone is 1. The van der Waals surface area contributed by atoms with Crippen LogP contribution in [-0.2, 0) is 0 Å². The van der Waals surface area contributed by atoms with Gasteiger partial charge >= 0.3 is 0 Å². The van der Waals surface area contributed by atoms with Gasteiger partial charge in [0.05, 0.1) is 23.5 Å². The minimum Gasteiger partial charge on any atom is -0.363 e. The molecule has 0 unspecified atom stereocenters. The standard InChI is InChI=1S/C19H15N3O/c20-13-16-6-2-1-5-15(16)7-10-19(23)18-9-8-17(14-21-18)22-11-3-4-12-22/h1-10,14H,11-12H2/b10-7+. The zero-order valence-electron chi connectivity index (χ0n) is 12.5. The topological polar surface area (TPSA) is 57.0 Å². The number of carbonyl (C=O) groups is 1.